The van der Waals surface area contributed by atoms with Gasteiger partial charge in [0.15, 0.2) is 0 Å². The number of halogens is 1. The lowest BCUT2D eigenvalue weighted by Gasteiger charge is -2.18. The van der Waals surface area contributed by atoms with E-state index >= 15 is 0 Å². The molecule has 0 heterocycles. The normalized spacial score (nSPS) is 11.4. The molecule has 0 spiro atoms. The molecule has 1 unspecified atom stereocenters. The van der Waals surface area contributed by atoms with Crippen molar-refractivity contribution in [2.75, 3.05) is 5.32 Å². The van der Waals surface area contributed by atoms with E-state index in [1.807, 2.05) is 25.1 Å². The molecule has 0 aliphatic rings. The van der Waals surface area contributed by atoms with Crippen molar-refractivity contribution in [1.29, 1.82) is 0 Å². The van der Waals surface area contributed by atoms with Gasteiger partial charge in [0.1, 0.15) is 11.9 Å². The van der Waals surface area contributed by atoms with E-state index < -0.39 is 12.1 Å². The molecule has 3 N–H and O–H groups in total. The van der Waals surface area contributed by atoms with Crippen LogP contribution in [0.2, 0.25) is 0 Å². The molecular weight excluding hydrogens is 321 g/mol. The number of carbonyl (C=O) groups is 2. The average molecular weight is 343 g/mol. The van der Waals surface area contributed by atoms with Gasteiger partial charge in [0.25, 0.3) is 0 Å². The predicted octanol–water partition coefficient (Wildman–Crippen LogP) is 3.43. The van der Waals surface area contributed by atoms with Gasteiger partial charge >= 0.3 is 6.03 Å². The van der Waals surface area contributed by atoms with Gasteiger partial charge in [-0.25, -0.2) is 9.18 Å². The summed E-state index contributed by atoms with van der Waals surface area (Å²) in [6.07, 6.45) is 1.29. The fraction of sp³-hybridized carbons (Fsp3) is 0.263. The Morgan fingerprint density at radius 1 is 1.04 bits per heavy atom. The van der Waals surface area contributed by atoms with Crippen molar-refractivity contribution in [3.8, 4) is 0 Å². The third-order valence-electron chi connectivity index (χ3n) is 3.61. The first-order valence-electron chi connectivity index (χ1n) is 8.23. The molecule has 132 valence electrons. The zero-order valence-corrected chi connectivity index (χ0v) is 14.1. The molecule has 2 aromatic rings. The quantitative estimate of drug-likeness (QED) is 0.721. The zero-order chi connectivity index (χ0) is 18.1. The van der Waals surface area contributed by atoms with Gasteiger partial charge in [0.05, 0.1) is 0 Å². The molecule has 25 heavy (non-hydrogen) atoms. The van der Waals surface area contributed by atoms with Crippen LogP contribution in [0.3, 0.4) is 0 Å². The molecule has 0 aromatic heterocycles. The van der Waals surface area contributed by atoms with Crippen molar-refractivity contribution >= 4 is 17.6 Å². The third kappa shape index (κ3) is 6.25. The standard InChI is InChI=1S/C19H22FN3O2/c1-2-6-17(18(24)22-16-7-4-3-5-8-16)23-19(25)21-13-14-9-11-15(20)12-10-14/h3-5,7-12,17H,2,6,13H2,1H3,(H,22,24)(H2,21,23,25). The summed E-state index contributed by atoms with van der Waals surface area (Å²) in [5.41, 5.74) is 1.46. The zero-order valence-electron chi connectivity index (χ0n) is 14.1. The van der Waals surface area contributed by atoms with Crippen molar-refractivity contribution in [2.45, 2.75) is 32.4 Å². The van der Waals surface area contributed by atoms with Gasteiger partial charge < -0.3 is 16.0 Å². The van der Waals surface area contributed by atoms with Gasteiger partial charge in [-0.1, -0.05) is 43.7 Å². The summed E-state index contributed by atoms with van der Waals surface area (Å²) < 4.78 is 12.9. The molecule has 0 radical (unpaired) electrons. The Morgan fingerprint density at radius 3 is 2.36 bits per heavy atom. The molecule has 0 saturated heterocycles. The van der Waals surface area contributed by atoms with Gasteiger partial charge in [-0.15, -0.1) is 0 Å². The minimum Gasteiger partial charge on any atom is -0.334 e. The topological polar surface area (TPSA) is 70.2 Å². The van der Waals surface area contributed by atoms with E-state index in [2.05, 4.69) is 16.0 Å². The van der Waals surface area contributed by atoms with Crippen LogP contribution in [0.1, 0.15) is 25.3 Å². The monoisotopic (exact) mass is 343 g/mol. The number of urea groups is 1. The molecule has 5 nitrogen and oxygen atoms in total. The fourth-order valence-electron chi connectivity index (χ4n) is 2.30. The highest BCUT2D eigenvalue weighted by molar-refractivity contribution is 5.96. The van der Waals surface area contributed by atoms with Crippen LogP contribution in [0.5, 0.6) is 0 Å². The SMILES string of the molecule is CCCC(NC(=O)NCc1ccc(F)cc1)C(=O)Nc1ccccc1. The van der Waals surface area contributed by atoms with Crippen LogP contribution in [0, 0.1) is 5.82 Å². The number of carbonyl (C=O) groups excluding carboxylic acids is 2. The Labute approximate surface area is 146 Å². The van der Waals surface area contributed by atoms with Crippen LogP contribution in [0.15, 0.2) is 54.6 Å². The van der Waals surface area contributed by atoms with Crippen LogP contribution in [0.25, 0.3) is 0 Å². The maximum absolute atomic E-state index is 12.9. The number of hydrogen-bond donors (Lipinski definition) is 3. The molecule has 0 aliphatic carbocycles. The van der Waals surface area contributed by atoms with E-state index in [9.17, 15) is 14.0 Å². The first-order chi connectivity index (χ1) is 12.1. The number of nitrogens with one attached hydrogen (secondary N) is 3. The first kappa shape index (κ1) is 18.4. The molecule has 6 heteroatoms. The van der Waals surface area contributed by atoms with Gasteiger partial charge in [0.2, 0.25) is 5.91 Å². The van der Waals surface area contributed by atoms with E-state index in [1.54, 1.807) is 24.3 Å². The van der Waals surface area contributed by atoms with Crippen LogP contribution in [-0.4, -0.2) is 18.0 Å². The number of benzene rings is 2. The smallest absolute Gasteiger partial charge is 0.315 e. The number of amides is 3. The summed E-state index contributed by atoms with van der Waals surface area (Å²) in [4.78, 5) is 24.4. The second-order valence-electron chi connectivity index (χ2n) is 5.65. The van der Waals surface area contributed by atoms with Gasteiger partial charge in [-0.05, 0) is 36.2 Å². The minimum absolute atomic E-state index is 0.255. The van der Waals surface area contributed by atoms with Crippen LogP contribution in [-0.2, 0) is 11.3 Å². The van der Waals surface area contributed by atoms with Gasteiger partial charge in [-0.2, -0.15) is 0 Å². The molecule has 3 amide bonds. The largest absolute Gasteiger partial charge is 0.334 e. The molecule has 0 fully saturated rings. The summed E-state index contributed by atoms with van der Waals surface area (Å²) in [5.74, 6) is -0.584. The molecule has 1 atom stereocenters. The molecule has 0 bridgehead atoms. The first-order valence-corrected chi connectivity index (χ1v) is 8.23. The highest BCUT2D eigenvalue weighted by atomic mass is 19.1. The molecular formula is C19H22FN3O2. The number of hydrogen-bond acceptors (Lipinski definition) is 2. The molecule has 0 aliphatic heterocycles. The van der Waals surface area contributed by atoms with Crippen molar-refractivity contribution in [3.05, 3.63) is 66.0 Å². The van der Waals surface area contributed by atoms with E-state index in [-0.39, 0.29) is 18.3 Å². The lowest BCUT2D eigenvalue weighted by Crippen LogP contribution is -2.47. The van der Waals surface area contributed by atoms with Gasteiger partial charge in [-0.3, -0.25) is 4.79 Å². The summed E-state index contributed by atoms with van der Waals surface area (Å²) in [6, 6.07) is 13.9. The number of anilines is 1. The van der Waals surface area contributed by atoms with Crippen molar-refractivity contribution in [3.63, 3.8) is 0 Å². The van der Waals surface area contributed by atoms with E-state index in [0.717, 1.165) is 12.0 Å². The minimum atomic E-state index is -0.626. The number of rotatable bonds is 7. The lowest BCUT2D eigenvalue weighted by molar-refractivity contribution is -0.118. The third-order valence-corrected chi connectivity index (χ3v) is 3.61. The Balaban J connectivity index is 1.87. The van der Waals surface area contributed by atoms with Crippen molar-refractivity contribution < 1.29 is 14.0 Å². The van der Waals surface area contributed by atoms with E-state index in [0.29, 0.717) is 12.1 Å². The summed E-state index contributed by atoms with van der Waals surface area (Å²) in [6.45, 7) is 2.20. The van der Waals surface area contributed by atoms with Gasteiger partial charge in [0, 0.05) is 12.2 Å². The highest BCUT2D eigenvalue weighted by Gasteiger charge is 2.19. The predicted molar refractivity (Wildman–Crippen MR) is 95.5 cm³/mol. The summed E-state index contributed by atoms with van der Waals surface area (Å²) in [5, 5.41) is 8.15. The molecule has 2 aromatic carbocycles. The second-order valence-corrected chi connectivity index (χ2v) is 5.65. The Bertz CT molecular complexity index is 690. The number of para-hydroxylation sites is 1. The maximum atomic E-state index is 12.9. The van der Waals surface area contributed by atoms with Crippen LogP contribution in [0.4, 0.5) is 14.9 Å². The van der Waals surface area contributed by atoms with Crippen molar-refractivity contribution in [1.82, 2.24) is 10.6 Å². The Kier molecular flexibility index (Phi) is 6.95. The average Bonchev–Trinajstić information content (AvgIpc) is 2.62. The maximum Gasteiger partial charge on any atom is 0.315 e. The van der Waals surface area contributed by atoms with E-state index in [1.165, 1.54) is 12.1 Å². The Hall–Kier alpha value is -2.89. The Morgan fingerprint density at radius 2 is 1.72 bits per heavy atom. The second kappa shape index (κ2) is 9.42. The fourth-order valence-corrected chi connectivity index (χ4v) is 2.30. The lowest BCUT2D eigenvalue weighted by atomic mass is 10.1. The van der Waals surface area contributed by atoms with E-state index in [4.69, 9.17) is 0 Å². The highest BCUT2D eigenvalue weighted by Crippen LogP contribution is 2.08. The van der Waals surface area contributed by atoms with Crippen LogP contribution >= 0.6 is 0 Å². The summed E-state index contributed by atoms with van der Waals surface area (Å²) in [7, 11) is 0. The molecule has 0 saturated carbocycles. The van der Waals surface area contributed by atoms with Crippen molar-refractivity contribution in [2.24, 2.45) is 0 Å². The van der Waals surface area contributed by atoms with Crippen LogP contribution < -0.4 is 16.0 Å². The summed E-state index contributed by atoms with van der Waals surface area (Å²) >= 11 is 0. The molecule has 2 rings (SSSR count).